The van der Waals surface area contributed by atoms with Gasteiger partial charge in [0, 0.05) is 44.2 Å². The molecular formula is C23H27N3O2. The van der Waals surface area contributed by atoms with E-state index in [-0.39, 0.29) is 5.91 Å². The third-order valence-corrected chi connectivity index (χ3v) is 4.65. The SMILES string of the molecule is Cc1ccc(-c2cnc(CCC(=O)NCCCN(C)c3ccccc3)o2)cc1. The van der Waals surface area contributed by atoms with Crippen molar-refractivity contribution in [3.63, 3.8) is 0 Å². The fraction of sp³-hybridized carbons (Fsp3) is 0.304. The molecule has 0 aliphatic heterocycles. The van der Waals surface area contributed by atoms with Crippen LogP contribution in [0.15, 0.2) is 65.2 Å². The summed E-state index contributed by atoms with van der Waals surface area (Å²) in [6, 6.07) is 18.3. The van der Waals surface area contributed by atoms with Crippen molar-refractivity contribution in [3.8, 4) is 11.3 Å². The predicted octanol–water partition coefficient (Wildman–Crippen LogP) is 4.23. The van der Waals surface area contributed by atoms with Gasteiger partial charge in [-0.15, -0.1) is 0 Å². The molecule has 28 heavy (non-hydrogen) atoms. The van der Waals surface area contributed by atoms with E-state index in [0.29, 0.717) is 25.3 Å². The summed E-state index contributed by atoms with van der Waals surface area (Å²) >= 11 is 0. The Labute approximate surface area is 166 Å². The van der Waals surface area contributed by atoms with Gasteiger partial charge in [0.25, 0.3) is 0 Å². The van der Waals surface area contributed by atoms with Crippen molar-refractivity contribution in [1.29, 1.82) is 0 Å². The normalized spacial score (nSPS) is 10.6. The van der Waals surface area contributed by atoms with Crippen molar-refractivity contribution in [1.82, 2.24) is 10.3 Å². The number of hydrogen-bond donors (Lipinski definition) is 1. The van der Waals surface area contributed by atoms with Crippen LogP contribution in [0.3, 0.4) is 0 Å². The fourth-order valence-electron chi connectivity index (χ4n) is 2.94. The minimum absolute atomic E-state index is 0.0254. The summed E-state index contributed by atoms with van der Waals surface area (Å²) in [7, 11) is 2.06. The highest BCUT2D eigenvalue weighted by Crippen LogP contribution is 2.21. The van der Waals surface area contributed by atoms with Crippen molar-refractivity contribution in [3.05, 3.63) is 72.2 Å². The van der Waals surface area contributed by atoms with Crippen molar-refractivity contribution >= 4 is 11.6 Å². The number of anilines is 1. The summed E-state index contributed by atoms with van der Waals surface area (Å²) in [6.45, 7) is 3.61. The second-order valence-electron chi connectivity index (χ2n) is 6.94. The van der Waals surface area contributed by atoms with Gasteiger partial charge in [-0.25, -0.2) is 4.98 Å². The second-order valence-corrected chi connectivity index (χ2v) is 6.94. The highest BCUT2D eigenvalue weighted by Gasteiger charge is 2.09. The molecular weight excluding hydrogens is 350 g/mol. The molecule has 0 aliphatic carbocycles. The molecule has 1 N–H and O–H groups in total. The summed E-state index contributed by atoms with van der Waals surface area (Å²) in [5.74, 6) is 1.35. The minimum atomic E-state index is 0.0254. The monoisotopic (exact) mass is 377 g/mol. The van der Waals surface area contributed by atoms with Gasteiger partial charge in [-0.3, -0.25) is 4.79 Å². The Bertz CT molecular complexity index is 872. The summed E-state index contributed by atoms with van der Waals surface area (Å²) in [5, 5.41) is 2.97. The van der Waals surface area contributed by atoms with Crippen molar-refractivity contribution in [2.24, 2.45) is 0 Å². The van der Waals surface area contributed by atoms with E-state index in [9.17, 15) is 4.79 Å². The van der Waals surface area contributed by atoms with E-state index >= 15 is 0 Å². The van der Waals surface area contributed by atoms with Crippen molar-refractivity contribution in [2.45, 2.75) is 26.2 Å². The largest absolute Gasteiger partial charge is 0.441 e. The number of para-hydroxylation sites is 1. The topological polar surface area (TPSA) is 58.4 Å². The Morgan fingerprint density at radius 1 is 1.11 bits per heavy atom. The number of oxazole rings is 1. The maximum absolute atomic E-state index is 12.1. The van der Waals surface area contributed by atoms with Crippen LogP contribution >= 0.6 is 0 Å². The average molecular weight is 377 g/mol. The molecule has 0 unspecified atom stereocenters. The summed E-state index contributed by atoms with van der Waals surface area (Å²) in [5.41, 5.74) is 3.38. The van der Waals surface area contributed by atoms with Gasteiger partial charge in [0.15, 0.2) is 11.7 Å². The molecule has 0 saturated heterocycles. The summed E-state index contributed by atoms with van der Waals surface area (Å²) in [4.78, 5) is 18.5. The van der Waals surface area contributed by atoms with E-state index in [4.69, 9.17) is 4.42 Å². The van der Waals surface area contributed by atoms with Gasteiger partial charge in [0.05, 0.1) is 6.20 Å². The van der Waals surface area contributed by atoms with Crippen LogP contribution in [0.25, 0.3) is 11.3 Å². The van der Waals surface area contributed by atoms with E-state index in [0.717, 1.165) is 24.3 Å². The van der Waals surface area contributed by atoms with Crippen molar-refractivity contribution < 1.29 is 9.21 Å². The summed E-state index contributed by atoms with van der Waals surface area (Å²) < 4.78 is 5.77. The van der Waals surface area contributed by atoms with Crippen LogP contribution < -0.4 is 10.2 Å². The zero-order valence-electron chi connectivity index (χ0n) is 16.5. The van der Waals surface area contributed by atoms with Crippen LogP contribution in [0, 0.1) is 6.92 Å². The standard InChI is InChI=1S/C23H27N3O2/c1-18-9-11-19(12-10-18)21-17-25-23(28-21)14-13-22(27)24-15-6-16-26(2)20-7-4-3-5-8-20/h3-5,7-12,17H,6,13-16H2,1-2H3,(H,24,27). The van der Waals surface area contributed by atoms with Crippen LogP contribution in [0.1, 0.15) is 24.3 Å². The van der Waals surface area contributed by atoms with Gasteiger partial charge in [-0.1, -0.05) is 48.0 Å². The number of amides is 1. The van der Waals surface area contributed by atoms with Gasteiger partial charge in [0.1, 0.15) is 0 Å². The highest BCUT2D eigenvalue weighted by atomic mass is 16.4. The van der Waals surface area contributed by atoms with Gasteiger partial charge in [0.2, 0.25) is 5.91 Å². The predicted molar refractivity (Wildman–Crippen MR) is 112 cm³/mol. The summed E-state index contributed by atoms with van der Waals surface area (Å²) in [6.07, 6.45) is 3.50. The lowest BCUT2D eigenvalue weighted by Gasteiger charge is -2.19. The number of carbonyl (C=O) groups is 1. The maximum atomic E-state index is 12.1. The highest BCUT2D eigenvalue weighted by molar-refractivity contribution is 5.76. The number of aromatic nitrogens is 1. The molecule has 0 aliphatic rings. The lowest BCUT2D eigenvalue weighted by Crippen LogP contribution is -2.28. The maximum Gasteiger partial charge on any atom is 0.220 e. The molecule has 5 heteroatoms. The second kappa shape index (κ2) is 9.74. The zero-order chi connectivity index (χ0) is 19.8. The van der Waals surface area contributed by atoms with Crippen LogP contribution in [0.2, 0.25) is 0 Å². The van der Waals surface area contributed by atoms with Crippen molar-refractivity contribution in [2.75, 3.05) is 25.0 Å². The van der Waals surface area contributed by atoms with Gasteiger partial charge in [-0.05, 0) is 25.5 Å². The average Bonchev–Trinajstić information content (AvgIpc) is 3.20. The Morgan fingerprint density at radius 2 is 1.86 bits per heavy atom. The first kappa shape index (κ1) is 19.7. The number of nitrogens with one attached hydrogen (secondary N) is 1. The van der Waals surface area contributed by atoms with E-state index in [1.165, 1.54) is 11.3 Å². The molecule has 5 nitrogen and oxygen atoms in total. The van der Waals surface area contributed by atoms with Gasteiger partial charge < -0.3 is 14.6 Å². The Morgan fingerprint density at radius 3 is 2.61 bits per heavy atom. The molecule has 3 aromatic rings. The van der Waals surface area contributed by atoms with Crippen LogP contribution in [-0.2, 0) is 11.2 Å². The molecule has 1 heterocycles. The quantitative estimate of drug-likeness (QED) is 0.567. The smallest absolute Gasteiger partial charge is 0.220 e. The number of aryl methyl sites for hydroxylation is 2. The first-order valence-electron chi connectivity index (χ1n) is 9.66. The van der Waals surface area contributed by atoms with E-state index < -0.39 is 0 Å². The molecule has 0 spiro atoms. The molecule has 0 radical (unpaired) electrons. The van der Waals surface area contributed by atoms with Crippen LogP contribution in [0.4, 0.5) is 5.69 Å². The van der Waals surface area contributed by atoms with E-state index in [2.05, 4.69) is 34.4 Å². The molecule has 3 rings (SSSR count). The van der Waals surface area contributed by atoms with Gasteiger partial charge in [-0.2, -0.15) is 0 Å². The Kier molecular flexibility index (Phi) is 6.84. The number of hydrogen-bond acceptors (Lipinski definition) is 4. The van der Waals surface area contributed by atoms with Crippen LogP contribution in [-0.4, -0.2) is 31.0 Å². The molecule has 146 valence electrons. The van der Waals surface area contributed by atoms with E-state index in [1.54, 1.807) is 6.20 Å². The molecule has 0 fully saturated rings. The molecule has 1 aromatic heterocycles. The first-order chi connectivity index (χ1) is 13.6. The van der Waals surface area contributed by atoms with Crippen LogP contribution in [0.5, 0.6) is 0 Å². The number of rotatable bonds is 9. The third-order valence-electron chi connectivity index (χ3n) is 4.65. The molecule has 0 saturated carbocycles. The van der Waals surface area contributed by atoms with Gasteiger partial charge >= 0.3 is 0 Å². The lowest BCUT2D eigenvalue weighted by molar-refractivity contribution is -0.121. The van der Waals surface area contributed by atoms with E-state index in [1.807, 2.05) is 49.4 Å². The number of nitrogens with zero attached hydrogens (tertiary/aromatic N) is 2. The zero-order valence-corrected chi connectivity index (χ0v) is 16.5. The molecule has 2 aromatic carbocycles. The lowest BCUT2D eigenvalue weighted by atomic mass is 10.1. The Hall–Kier alpha value is -3.08. The molecule has 0 atom stereocenters. The molecule has 0 bridgehead atoms. The number of benzene rings is 2. The fourth-order valence-corrected chi connectivity index (χ4v) is 2.94. The first-order valence-corrected chi connectivity index (χ1v) is 9.66. The minimum Gasteiger partial charge on any atom is -0.441 e. The Balaban J connectivity index is 1.36. The molecule has 1 amide bonds. The third kappa shape index (κ3) is 5.71. The number of carbonyl (C=O) groups excluding carboxylic acids is 1.